The maximum atomic E-state index is 12.0. The molecule has 1 fully saturated rings. The van der Waals surface area contributed by atoms with E-state index in [1.807, 2.05) is 24.4 Å². The van der Waals surface area contributed by atoms with E-state index in [4.69, 9.17) is 4.74 Å². The third-order valence-corrected chi connectivity index (χ3v) is 5.27. The van der Waals surface area contributed by atoms with Gasteiger partial charge in [0, 0.05) is 17.1 Å². The van der Waals surface area contributed by atoms with Crippen molar-refractivity contribution in [1.29, 1.82) is 0 Å². The van der Waals surface area contributed by atoms with Gasteiger partial charge in [0.25, 0.3) is 0 Å². The molecular weight excluding hydrogens is 352 g/mol. The summed E-state index contributed by atoms with van der Waals surface area (Å²) in [4.78, 5) is 26.6. The molecule has 2 amide bonds. The molecule has 2 N–H and O–H groups in total. The van der Waals surface area contributed by atoms with Crippen LogP contribution in [-0.2, 0) is 20.7 Å². The Morgan fingerprint density at radius 3 is 2.81 bits per heavy atom. The number of aliphatic hydroxyl groups is 1. The Kier molecular flexibility index (Phi) is 6.03. The lowest BCUT2D eigenvalue weighted by molar-refractivity contribution is -0.153. The molecule has 6 nitrogen and oxygen atoms in total. The van der Waals surface area contributed by atoms with Crippen molar-refractivity contribution in [3.8, 4) is 0 Å². The fraction of sp³-hybridized carbons (Fsp3) is 0.368. The summed E-state index contributed by atoms with van der Waals surface area (Å²) in [5.41, 5.74) is 1.36. The zero-order valence-electron chi connectivity index (χ0n) is 14.6. The molecule has 7 heteroatoms. The quantitative estimate of drug-likeness (QED) is 0.813. The van der Waals surface area contributed by atoms with Gasteiger partial charge < -0.3 is 20.1 Å². The van der Waals surface area contributed by atoms with Crippen molar-refractivity contribution in [3.05, 3.63) is 52.2 Å². The van der Waals surface area contributed by atoms with Gasteiger partial charge in [0.2, 0.25) is 11.8 Å². The number of aliphatic hydroxyl groups excluding tert-OH is 1. The summed E-state index contributed by atoms with van der Waals surface area (Å²) in [7, 11) is 0. The van der Waals surface area contributed by atoms with Gasteiger partial charge in [0.15, 0.2) is 0 Å². The summed E-state index contributed by atoms with van der Waals surface area (Å²) in [5, 5.41) is 15.4. The number of benzene rings is 1. The number of anilines is 1. The average molecular weight is 374 g/mol. The van der Waals surface area contributed by atoms with Crippen molar-refractivity contribution in [2.24, 2.45) is 0 Å². The minimum absolute atomic E-state index is 0.0618. The fourth-order valence-electron chi connectivity index (χ4n) is 3.06. The highest BCUT2D eigenvalue weighted by Gasteiger charge is 2.33. The van der Waals surface area contributed by atoms with E-state index in [-0.39, 0.29) is 18.4 Å². The van der Waals surface area contributed by atoms with E-state index in [2.05, 4.69) is 5.32 Å². The van der Waals surface area contributed by atoms with Crippen LogP contribution >= 0.6 is 11.3 Å². The zero-order valence-corrected chi connectivity index (χ0v) is 15.4. The van der Waals surface area contributed by atoms with Gasteiger partial charge in [-0.25, -0.2) is 0 Å². The normalized spacial score (nSPS) is 18.6. The molecule has 26 heavy (non-hydrogen) atoms. The lowest BCUT2D eigenvalue weighted by Gasteiger charge is -2.37. The van der Waals surface area contributed by atoms with Crippen LogP contribution in [0.5, 0.6) is 0 Å². The summed E-state index contributed by atoms with van der Waals surface area (Å²) < 4.78 is 5.29. The van der Waals surface area contributed by atoms with E-state index in [0.29, 0.717) is 30.8 Å². The largest absolute Gasteiger partial charge is 0.386 e. The van der Waals surface area contributed by atoms with Gasteiger partial charge in [-0.3, -0.25) is 9.59 Å². The van der Waals surface area contributed by atoms with E-state index >= 15 is 0 Å². The van der Waals surface area contributed by atoms with Crippen molar-refractivity contribution in [1.82, 2.24) is 4.90 Å². The molecule has 2 atom stereocenters. The van der Waals surface area contributed by atoms with Crippen LogP contribution in [0.2, 0.25) is 0 Å². The second-order valence-electron chi connectivity index (χ2n) is 6.13. The summed E-state index contributed by atoms with van der Waals surface area (Å²) in [6.45, 7) is 2.78. The molecule has 1 aromatic heterocycles. The monoisotopic (exact) mass is 374 g/mol. The Hall–Kier alpha value is -2.22. The summed E-state index contributed by atoms with van der Waals surface area (Å²) in [5.74, 6) is -0.190. The molecule has 2 aromatic rings. The van der Waals surface area contributed by atoms with Gasteiger partial charge in [-0.05, 0) is 36.1 Å². The Morgan fingerprint density at radius 2 is 2.15 bits per heavy atom. The first-order valence-corrected chi connectivity index (χ1v) is 9.44. The van der Waals surface area contributed by atoms with Crippen molar-refractivity contribution < 1.29 is 19.4 Å². The number of hydrogen-bond acceptors (Lipinski definition) is 5. The lowest BCUT2D eigenvalue weighted by Crippen LogP contribution is -2.51. The number of morpholine rings is 1. The first kappa shape index (κ1) is 18.6. The maximum absolute atomic E-state index is 12.0. The topological polar surface area (TPSA) is 78.9 Å². The van der Waals surface area contributed by atoms with Gasteiger partial charge >= 0.3 is 0 Å². The Balaban J connectivity index is 1.63. The highest BCUT2D eigenvalue weighted by Crippen LogP contribution is 2.25. The molecular formula is C19H22N2O4S. The zero-order chi connectivity index (χ0) is 18.5. The molecule has 138 valence electrons. The van der Waals surface area contributed by atoms with Crippen LogP contribution in [0.15, 0.2) is 41.8 Å². The van der Waals surface area contributed by atoms with Crippen molar-refractivity contribution in [2.75, 3.05) is 25.1 Å². The maximum Gasteiger partial charge on any atom is 0.248 e. The summed E-state index contributed by atoms with van der Waals surface area (Å²) in [6, 6.07) is 10.5. The molecule has 1 aliphatic heterocycles. The van der Waals surface area contributed by atoms with Crippen LogP contribution in [0.25, 0.3) is 0 Å². The Labute approximate surface area is 156 Å². The standard InChI is InChI=1S/C19H22N2O4S/c1-2-21-16(11-25-12-18(21)23)19(24)13-5-7-14(8-6-13)20-17(22)10-15-4-3-9-26-15/h3-9,16,19,24H,2,10-12H2,1H3,(H,20,22)/t16-,19-/m1/s1. The third-order valence-electron chi connectivity index (χ3n) is 4.39. The number of carbonyl (C=O) groups excluding carboxylic acids is 2. The first-order valence-electron chi connectivity index (χ1n) is 8.56. The van der Waals surface area contributed by atoms with Gasteiger partial charge in [0.1, 0.15) is 12.7 Å². The molecule has 0 radical (unpaired) electrons. The van der Waals surface area contributed by atoms with E-state index in [9.17, 15) is 14.7 Å². The predicted molar refractivity (Wildman–Crippen MR) is 100 cm³/mol. The van der Waals surface area contributed by atoms with Crippen LogP contribution < -0.4 is 5.32 Å². The third kappa shape index (κ3) is 4.30. The van der Waals surface area contributed by atoms with Crippen LogP contribution in [-0.4, -0.2) is 47.6 Å². The number of carbonyl (C=O) groups is 2. The number of thiophene rings is 1. The average Bonchev–Trinajstić information content (AvgIpc) is 3.14. The molecule has 1 aromatic carbocycles. The van der Waals surface area contributed by atoms with E-state index in [1.165, 1.54) is 0 Å². The van der Waals surface area contributed by atoms with Crippen molar-refractivity contribution in [3.63, 3.8) is 0 Å². The molecule has 2 heterocycles. The molecule has 0 unspecified atom stereocenters. The number of hydrogen-bond donors (Lipinski definition) is 2. The van der Waals surface area contributed by atoms with Crippen molar-refractivity contribution in [2.45, 2.75) is 25.5 Å². The predicted octanol–water partition coefficient (Wildman–Crippen LogP) is 2.21. The number of ether oxygens (including phenoxy) is 1. The number of nitrogens with one attached hydrogen (secondary N) is 1. The minimum Gasteiger partial charge on any atom is -0.386 e. The lowest BCUT2D eigenvalue weighted by atomic mass is 10.00. The van der Waals surface area contributed by atoms with E-state index in [1.54, 1.807) is 40.5 Å². The highest BCUT2D eigenvalue weighted by atomic mass is 32.1. The van der Waals surface area contributed by atoms with Crippen LogP contribution in [0.4, 0.5) is 5.69 Å². The van der Waals surface area contributed by atoms with Gasteiger partial charge in [-0.15, -0.1) is 11.3 Å². The molecule has 1 saturated heterocycles. The van der Waals surface area contributed by atoms with E-state index < -0.39 is 12.1 Å². The molecule has 0 aliphatic carbocycles. The van der Waals surface area contributed by atoms with E-state index in [0.717, 1.165) is 4.88 Å². The SMILES string of the molecule is CCN1C(=O)COC[C@@H]1[C@H](O)c1ccc(NC(=O)Cc2cccs2)cc1. The molecule has 3 rings (SSSR count). The van der Waals surface area contributed by atoms with Crippen LogP contribution in [0.3, 0.4) is 0 Å². The highest BCUT2D eigenvalue weighted by molar-refractivity contribution is 7.10. The van der Waals surface area contributed by atoms with Gasteiger partial charge in [0.05, 0.1) is 19.1 Å². The first-order chi connectivity index (χ1) is 12.6. The van der Waals surface area contributed by atoms with Gasteiger partial charge in [-0.1, -0.05) is 18.2 Å². The summed E-state index contributed by atoms with van der Waals surface area (Å²) >= 11 is 1.55. The molecule has 0 bridgehead atoms. The Bertz CT molecular complexity index is 745. The van der Waals surface area contributed by atoms with Crippen LogP contribution in [0, 0.1) is 0 Å². The van der Waals surface area contributed by atoms with Gasteiger partial charge in [-0.2, -0.15) is 0 Å². The fourth-order valence-corrected chi connectivity index (χ4v) is 3.76. The molecule has 0 spiro atoms. The second-order valence-corrected chi connectivity index (χ2v) is 7.17. The number of nitrogens with zero attached hydrogens (tertiary/aromatic N) is 1. The second kappa shape index (κ2) is 8.44. The number of amides is 2. The smallest absolute Gasteiger partial charge is 0.248 e. The Morgan fingerprint density at radius 1 is 1.38 bits per heavy atom. The minimum atomic E-state index is -0.838. The number of likely N-dealkylation sites (N-methyl/N-ethyl adjacent to an activating group) is 1. The number of rotatable bonds is 6. The molecule has 1 aliphatic rings. The van der Waals surface area contributed by atoms with Crippen LogP contribution in [0.1, 0.15) is 23.5 Å². The summed E-state index contributed by atoms with van der Waals surface area (Å²) in [6.07, 6.45) is -0.496. The van der Waals surface area contributed by atoms with Crippen molar-refractivity contribution >= 4 is 28.8 Å². The molecule has 0 saturated carbocycles.